The molecule has 1 aromatic heterocycles. The Morgan fingerprint density at radius 2 is 1.88 bits per heavy atom. The van der Waals surface area contributed by atoms with Crippen molar-refractivity contribution in [1.82, 2.24) is 4.98 Å². The summed E-state index contributed by atoms with van der Waals surface area (Å²) in [7, 11) is 0. The first-order valence-corrected chi connectivity index (χ1v) is 9.13. The molecule has 134 valence electrons. The molecule has 0 amide bonds. The number of nitrogens with zero attached hydrogens (tertiary/aromatic N) is 1. The predicted octanol–water partition coefficient (Wildman–Crippen LogP) is 5.37. The minimum absolute atomic E-state index is 0.0163. The first kappa shape index (κ1) is 18.5. The zero-order chi connectivity index (χ0) is 18.8. The second-order valence-electron chi connectivity index (χ2n) is 5.24. The van der Waals surface area contributed by atoms with Gasteiger partial charge in [0, 0.05) is 11.8 Å². The van der Waals surface area contributed by atoms with Crippen LogP contribution in [0.1, 0.15) is 17.3 Å². The molecule has 3 rings (SSSR count). The Morgan fingerprint density at radius 1 is 1.19 bits per heavy atom. The number of thiazole rings is 1. The van der Waals surface area contributed by atoms with E-state index < -0.39 is 11.5 Å². The van der Waals surface area contributed by atoms with Gasteiger partial charge in [-0.2, -0.15) is 0 Å². The van der Waals surface area contributed by atoms with Gasteiger partial charge in [-0.3, -0.25) is 0 Å². The second kappa shape index (κ2) is 7.53. The molecule has 1 heterocycles. The average molecular weight is 410 g/mol. The molecule has 3 aromatic rings. The number of phenols is 2. The van der Waals surface area contributed by atoms with Crippen LogP contribution < -0.4 is 0 Å². The first-order valence-electron chi connectivity index (χ1n) is 7.56. The lowest BCUT2D eigenvalue weighted by atomic mass is 10.1. The molecule has 0 saturated carbocycles. The number of carbonyl (C=O) groups excluding carboxylic acids is 1. The third-order valence-electron chi connectivity index (χ3n) is 3.58. The number of carbonyl (C=O) groups is 1. The van der Waals surface area contributed by atoms with Crippen LogP contribution in [0.4, 0.5) is 0 Å². The summed E-state index contributed by atoms with van der Waals surface area (Å²) >= 11 is 13.3. The number of phenolic OH excluding ortho intramolecular Hbond substituents is 2. The summed E-state index contributed by atoms with van der Waals surface area (Å²) in [6, 6.07) is 8.41. The highest BCUT2D eigenvalue weighted by Crippen LogP contribution is 2.46. The lowest BCUT2D eigenvalue weighted by Crippen LogP contribution is -2.03. The molecule has 0 bridgehead atoms. The van der Waals surface area contributed by atoms with Crippen LogP contribution in [0.3, 0.4) is 0 Å². The monoisotopic (exact) mass is 409 g/mol. The molecule has 2 N–H and O–H groups in total. The van der Waals surface area contributed by atoms with Gasteiger partial charge >= 0.3 is 5.97 Å². The van der Waals surface area contributed by atoms with Crippen molar-refractivity contribution in [2.75, 3.05) is 6.61 Å². The SMILES string of the molecule is CCOC(=O)c1ccc(-c2cnc(-c3cc(Cl)c(O)c(O)c3Cl)s2)cc1. The van der Waals surface area contributed by atoms with Crippen molar-refractivity contribution in [3.63, 3.8) is 0 Å². The van der Waals surface area contributed by atoms with Crippen LogP contribution in [0.5, 0.6) is 11.5 Å². The van der Waals surface area contributed by atoms with Gasteiger partial charge in [0.2, 0.25) is 0 Å². The molecule has 8 heteroatoms. The van der Waals surface area contributed by atoms with Crippen LogP contribution in [0, 0.1) is 0 Å². The summed E-state index contributed by atoms with van der Waals surface area (Å²) in [6.07, 6.45) is 1.66. The number of esters is 1. The van der Waals surface area contributed by atoms with Gasteiger partial charge in [0.05, 0.1) is 27.1 Å². The third-order valence-corrected chi connectivity index (χ3v) is 5.33. The van der Waals surface area contributed by atoms with E-state index in [9.17, 15) is 15.0 Å². The number of benzene rings is 2. The maximum Gasteiger partial charge on any atom is 0.338 e. The van der Waals surface area contributed by atoms with E-state index >= 15 is 0 Å². The van der Waals surface area contributed by atoms with Crippen LogP contribution in [0.25, 0.3) is 21.0 Å². The van der Waals surface area contributed by atoms with E-state index in [0.29, 0.717) is 22.7 Å². The second-order valence-corrected chi connectivity index (χ2v) is 7.06. The molecule has 0 radical (unpaired) electrons. The first-order chi connectivity index (χ1) is 12.4. The summed E-state index contributed by atoms with van der Waals surface area (Å²) in [5, 5.41) is 20.0. The molecule has 0 saturated heterocycles. The highest BCUT2D eigenvalue weighted by molar-refractivity contribution is 7.18. The number of hydrogen-bond donors (Lipinski definition) is 2. The number of halogens is 2. The smallest absolute Gasteiger partial charge is 0.338 e. The van der Waals surface area contributed by atoms with E-state index in [2.05, 4.69) is 4.98 Å². The molecule has 0 atom stereocenters. The molecule has 0 aliphatic heterocycles. The molecule has 26 heavy (non-hydrogen) atoms. The van der Waals surface area contributed by atoms with Gasteiger partial charge in [-0.15, -0.1) is 11.3 Å². The van der Waals surface area contributed by atoms with Crippen LogP contribution >= 0.6 is 34.5 Å². The van der Waals surface area contributed by atoms with Gasteiger partial charge in [-0.25, -0.2) is 9.78 Å². The van der Waals surface area contributed by atoms with Crippen molar-refractivity contribution >= 4 is 40.5 Å². The average Bonchev–Trinajstić information content (AvgIpc) is 3.13. The number of rotatable bonds is 4. The van der Waals surface area contributed by atoms with Crippen molar-refractivity contribution in [2.45, 2.75) is 6.92 Å². The fourth-order valence-electron chi connectivity index (χ4n) is 2.28. The van der Waals surface area contributed by atoms with Crippen LogP contribution in [0.2, 0.25) is 10.0 Å². The number of aromatic nitrogens is 1. The highest BCUT2D eigenvalue weighted by Gasteiger charge is 2.18. The van der Waals surface area contributed by atoms with Gasteiger partial charge in [-0.05, 0) is 30.7 Å². The van der Waals surface area contributed by atoms with Gasteiger partial charge in [0.25, 0.3) is 0 Å². The largest absolute Gasteiger partial charge is 0.503 e. The minimum Gasteiger partial charge on any atom is -0.503 e. The summed E-state index contributed by atoms with van der Waals surface area (Å²) in [5.74, 6) is -1.32. The van der Waals surface area contributed by atoms with Crippen LogP contribution in [-0.2, 0) is 4.74 Å². The van der Waals surface area contributed by atoms with E-state index in [1.54, 1.807) is 37.4 Å². The zero-order valence-electron chi connectivity index (χ0n) is 13.5. The predicted molar refractivity (Wildman–Crippen MR) is 102 cm³/mol. The Bertz CT molecular complexity index is 970. The summed E-state index contributed by atoms with van der Waals surface area (Å²) < 4.78 is 4.96. The topological polar surface area (TPSA) is 79.7 Å². The lowest BCUT2D eigenvalue weighted by molar-refractivity contribution is 0.0526. The fourth-order valence-corrected chi connectivity index (χ4v) is 3.71. The lowest BCUT2D eigenvalue weighted by Gasteiger charge is -2.07. The van der Waals surface area contributed by atoms with Crippen molar-refractivity contribution in [1.29, 1.82) is 0 Å². The molecule has 0 fully saturated rings. The normalized spacial score (nSPS) is 10.7. The molecule has 2 aromatic carbocycles. The van der Waals surface area contributed by atoms with Gasteiger partial charge in [-0.1, -0.05) is 35.3 Å². The van der Waals surface area contributed by atoms with E-state index in [0.717, 1.165) is 10.4 Å². The summed E-state index contributed by atoms with van der Waals surface area (Å²) in [4.78, 5) is 16.9. The molecule has 0 unspecified atom stereocenters. The van der Waals surface area contributed by atoms with Crippen molar-refractivity contribution in [3.8, 4) is 32.5 Å². The fraction of sp³-hybridized carbons (Fsp3) is 0.111. The summed E-state index contributed by atoms with van der Waals surface area (Å²) in [6.45, 7) is 2.07. The Morgan fingerprint density at radius 3 is 2.54 bits per heavy atom. The Kier molecular flexibility index (Phi) is 5.36. The molecular weight excluding hydrogens is 397 g/mol. The van der Waals surface area contributed by atoms with Crippen LogP contribution in [0.15, 0.2) is 36.5 Å². The molecular formula is C18H13Cl2NO4S. The molecule has 0 aliphatic rings. The zero-order valence-corrected chi connectivity index (χ0v) is 15.8. The summed E-state index contributed by atoms with van der Waals surface area (Å²) in [5.41, 5.74) is 1.76. The Balaban J connectivity index is 1.93. The van der Waals surface area contributed by atoms with Crippen molar-refractivity contribution < 1.29 is 19.7 Å². The maximum absolute atomic E-state index is 11.7. The Hall–Kier alpha value is -2.28. The minimum atomic E-state index is -0.482. The highest BCUT2D eigenvalue weighted by atomic mass is 35.5. The van der Waals surface area contributed by atoms with E-state index in [-0.39, 0.29) is 16.0 Å². The maximum atomic E-state index is 11.7. The number of hydrogen-bond acceptors (Lipinski definition) is 6. The standard InChI is InChI=1S/C18H13Cl2NO4S/c1-2-25-18(24)10-5-3-9(4-6-10)13-8-21-17(26-13)11-7-12(19)15(22)16(23)14(11)20/h3-8,22-23H,2H2,1H3. The number of aromatic hydroxyl groups is 2. The molecule has 0 spiro atoms. The third kappa shape index (κ3) is 3.49. The van der Waals surface area contributed by atoms with E-state index in [1.807, 2.05) is 0 Å². The van der Waals surface area contributed by atoms with Gasteiger partial charge in [0.15, 0.2) is 11.5 Å². The van der Waals surface area contributed by atoms with Crippen molar-refractivity contribution in [2.24, 2.45) is 0 Å². The molecule has 5 nitrogen and oxygen atoms in total. The van der Waals surface area contributed by atoms with E-state index in [1.165, 1.54) is 17.4 Å². The molecule has 0 aliphatic carbocycles. The van der Waals surface area contributed by atoms with Crippen molar-refractivity contribution in [3.05, 3.63) is 52.1 Å². The van der Waals surface area contributed by atoms with Gasteiger partial charge in [0.1, 0.15) is 5.01 Å². The van der Waals surface area contributed by atoms with Gasteiger partial charge < -0.3 is 14.9 Å². The van der Waals surface area contributed by atoms with E-state index in [4.69, 9.17) is 27.9 Å². The number of ether oxygens (including phenoxy) is 1. The quantitative estimate of drug-likeness (QED) is 0.447. The van der Waals surface area contributed by atoms with Crippen LogP contribution in [-0.4, -0.2) is 27.8 Å². The Labute approximate surface area is 163 Å².